The van der Waals surface area contributed by atoms with Crippen LogP contribution in [0, 0.1) is 0 Å². The van der Waals surface area contributed by atoms with E-state index in [1.165, 1.54) is 6.42 Å². The third-order valence-corrected chi connectivity index (χ3v) is 4.17. The summed E-state index contributed by atoms with van der Waals surface area (Å²) in [5.74, 6) is 0. The third-order valence-electron chi connectivity index (χ3n) is 3.82. The summed E-state index contributed by atoms with van der Waals surface area (Å²) >= 11 is 6.13. The van der Waals surface area contributed by atoms with Gasteiger partial charge in [-0.25, -0.2) is 0 Å². The Hall–Kier alpha value is -0.610. The van der Waals surface area contributed by atoms with Crippen LogP contribution < -0.4 is 0 Å². The summed E-state index contributed by atoms with van der Waals surface area (Å²) in [7, 11) is 0. The number of nitrogens with zero attached hydrogens (tertiary/aromatic N) is 2. The quantitative estimate of drug-likeness (QED) is 0.919. The Morgan fingerprint density at radius 1 is 1.16 bits per heavy atom. The molecule has 1 atom stereocenters. The molecular formula is C15H23ClN2O. The van der Waals surface area contributed by atoms with Crippen LogP contribution in [0.4, 0.5) is 0 Å². The van der Waals surface area contributed by atoms with Crippen molar-refractivity contribution in [2.24, 2.45) is 0 Å². The van der Waals surface area contributed by atoms with E-state index in [0.717, 1.165) is 38.3 Å². The molecule has 1 aromatic rings. The number of benzene rings is 1. The zero-order chi connectivity index (χ0) is 13.7. The molecule has 0 bridgehead atoms. The maximum absolute atomic E-state index is 10.3. The second-order valence-electron chi connectivity index (χ2n) is 5.13. The van der Waals surface area contributed by atoms with Gasteiger partial charge in [0.05, 0.1) is 6.10 Å². The topological polar surface area (TPSA) is 26.7 Å². The van der Waals surface area contributed by atoms with Gasteiger partial charge in [-0.1, -0.05) is 36.7 Å². The minimum atomic E-state index is -0.498. The fourth-order valence-electron chi connectivity index (χ4n) is 2.61. The molecule has 0 saturated carbocycles. The number of hydrogen-bond donors (Lipinski definition) is 1. The largest absolute Gasteiger partial charge is 0.387 e. The van der Waals surface area contributed by atoms with Crippen LogP contribution in [0.3, 0.4) is 0 Å². The zero-order valence-corrected chi connectivity index (χ0v) is 12.3. The third kappa shape index (κ3) is 4.18. The van der Waals surface area contributed by atoms with Crippen LogP contribution in [0.25, 0.3) is 0 Å². The molecule has 1 heterocycles. The zero-order valence-electron chi connectivity index (χ0n) is 11.6. The van der Waals surface area contributed by atoms with Gasteiger partial charge in [-0.2, -0.15) is 0 Å². The van der Waals surface area contributed by atoms with Crippen LogP contribution >= 0.6 is 11.6 Å². The Balaban J connectivity index is 1.92. The van der Waals surface area contributed by atoms with E-state index in [4.69, 9.17) is 11.6 Å². The van der Waals surface area contributed by atoms with E-state index >= 15 is 0 Å². The van der Waals surface area contributed by atoms with Crippen molar-refractivity contribution in [2.45, 2.75) is 19.4 Å². The normalized spacial score (nSPS) is 20.2. The first-order chi connectivity index (χ1) is 9.20. The highest BCUT2D eigenvalue weighted by Gasteiger charge is 2.18. The van der Waals surface area contributed by atoms with Gasteiger partial charge in [0.15, 0.2) is 0 Å². The van der Waals surface area contributed by atoms with Crippen LogP contribution in [0.15, 0.2) is 24.3 Å². The predicted molar refractivity (Wildman–Crippen MR) is 79.6 cm³/mol. The van der Waals surface area contributed by atoms with Crippen LogP contribution in [-0.2, 0) is 0 Å². The summed E-state index contributed by atoms with van der Waals surface area (Å²) in [5, 5.41) is 11.0. The number of rotatable bonds is 4. The monoisotopic (exact) mass is 282 g/mol. The van der Waals surface area contributed by atoms with Gasteiger partial charge in [0, 0.05) is 30.2 Å². The molecule has 1 fully saturated rings. The number of halogens is 1. The van der Waals surface area contributed by atoms with Crippen LogP contribution in [0.5, 0.6) is 0 Å². The second kappa shape index (κ2) is 7.25. The number of aliphatic hydroxyl groups excluding tert-OH is 1. The molecule has 1 N–H and O–H groups in total. The van der Waals surface area contributed by atoms with Crippen molar-refractivity contribution in [3.8, 4) is 0 Å². The molecule has 0 aromatic heterocycles. The highest BCUT2D eigenvalue weighted by molar-refractivity contribution is 6.31. The summed E-state index contributed by atoms with van der Waals surface area (Å²) in [4.78, 5) is 4.80. The maximum Gasteiger partial charge on any atom is 0.0931 e. The molecule has 0 spiro atoms. The van der Waals surface area contributed by atoms with E-state index in [1.54, 1.807) is 0 Å². The molecule has 0 amide bonds. The molecule has 0 radical (unpaired) electrons. The fraction of sp³-hybridized carbons (Fsp3) is 0.600. The average molecular weight is 283 g/mol. The highest BCUT2D eigenvalue weighted by atomic mass is 35.5. The summed E-state index contributed by atoms with van der Waals surface area (Å²) in [6.45, 7) is 8.31. The Morgan fingerprint density at radius 2 is 1.84 bits per heavy atom. The van der Waals surface area contributed by atoms with Crippen molar-refractivity contribution in [3.63, 3.8) is 0 Å². The van der Waals surface area contributed by atoms with Crippen molar-refractivity contribution in [1.29, 1.82) is 0 Å². The van der Waals surface area contributed by atoms with Gasteiger partial charge in [0.1, 0.15) is 0 Å². The molecule has 106 valence electrons. The van der Waals surface area contributed by atoms with Crippen LogP contribution in [0.2, 0.25) is 5.02 Å². The SMILES string of the molecule is CCN1CCCN(CC(O)c2ccccc2Cl)CC1. The molecule has 2 rings (SSSR count). The molecule has 1 unspecified atom stereocenters. The van der Waals surface area contributed by atoms with E-state index in [0.29, 0.717) is 11.6 Å². The minimum absolute atomic E-state index is 0.498. The summed E-state index contributed by atoms with van der Waals surface area (Å²) in [6.07, 6.45) is 0.671. The highest BCUT2D eigenvalue weighted by Crippen LogP contribution is 2.23. The molecule has 0 aliphatic carbocycles. The minimum Gasteiger partial charge on any atom is -0.387 e. The number of hydrogen-bond acceptors (Lipinski definition) is 3. The van der Waals surface area contributed by atoms with E-state index in [-0.39, 0.29) is 0 Å². The summed E-state index contributed by atoms with van der Waals surface area (Å²) in [5.41, 5.74) is 0.834. The molecule has 1 aromatic carbocycles. The van der Waals surface area contributed by atoms with Crippen molar-refractivity contribution in [2.75, 3.05) is 39.3 Å². The standard InChI is InChI=1S/C15H23ClN2O/c1-2-17-8-5-9-18(11-10-17)12-15(19)13-6-3-4-7-14(13)16/h3-4,6-7,15,19H,2,5,8-12H2,1H3. The van der Waals surface area contributed by atoms with Crippen molar-refractivity contribution >= 4 is 11.6 Å². The molecule has 4 heteroatoms. The van der Waals surface area contributed by atoms with Crippen LogP contribution in [0.1, 0.15) is 25.0 Å². The first kappa shape index (κ1) is 14.8. The van der Waals surface area contributed by atoms with Crippen molar-refractivity contribution in [1.82, 2.24) is 9.80 Å². The molecule has 19 heavy (non-hydrogen) atoms. The van der Waals surface area contributed by atoms with Gasteiger partial charge < -0.3 is 10.0 Å². The van der Waals surface area contributed by atoms with Gasteiger partial charge in [-0.05, 0) is 32.1 Å². The number of aliphatic hydroxyl groups is 1. The number of β-amino-alcohol motifs (C(OH)–C–C–N with tert-alkyl or cyclic N) is 1. The Kier molecular flexibility index (Phi) is 5.64. The molecular weight excluding hydrogens is 260 g/mol. The lowest BCUT2D eigenvalue weighted by molar-refractivity contribution is 0.115. The van der Waals surface area contributed by atoms with Gasteiger partial charge >= 0.3 is 0 Å². The molecule has 1 aliphatic rings. The van der Waals surface area contributed by atoms with E-state index < -0.39 is 6.10 Å². The summed E-state index contributed by atoms with van der Waals surface area (Å²) < 4.78 is 0. The maximum atomic E-state index is 10.3. The lowest BCUT2D eigenvalue weighted by Crippen LogP contribution is -2.33. The van der Waals surface area contributed by atoms with Crippen LogP contribution in [-0.4, -0.2) is 54.2 Å². The van der Waals surface area contributed by atoms with E-state index in [1.807, 2.05) is 24.3 Å². The average Bonchev–Trinajstić information content (AvgIpc) is 2.64. The smallest absolute Gasteiger partial charge is 0.0931 e. The first-order valence-electron chi connectivity index (χ1n) is 7.08. The Morgan fingerprint density at radius 3 is 2.58 bits per heavy atom. The molecule has 3 nitrogen and oxygen atoms in total. The fourth-order valence-corrected chi connectivity index (χ4v) is 2.87. The first-order valence-corrected chi connectivity index (χ1v) is 7.45. The Bertz CT molecular complexity index is 399. The van der Waals surface area contributed by atoms with Gasteiger partial charge in [0.25, 0.3) is 0 Å². The van der Waals surface area contributed by atoms with Gasteiger partial charge in [-0.3, -0.25) is 4.90 Å². The lowest BCUT2D eigenvalue weighted by Gasteiger charge is -2.24. The summed E-state index contributed by atoms with van der Waals surface area (Å²) in [6, 6.07) is 7.56. The van der Waals surface area contributed by atoms with E-state index in [9.17, 15) is 5.11 Å². The van der Waals surface area contributed by atoms with Gasteiger partial charge in [0.2, 0.25) is 0 Å². The number of likely N-dealkylation sites (N-methyl/N-ethyl adjacent to an activating group) is 1. The van der Waals surface area contributed by atoms with Gasteiger partial charge in [-0.15, -0.1) is 0 Å². The Labute approximate surface area is 120 Å². The molecule has 1 saturated heterocycles. The predicted octanol–water partition coefficient (Wildman–Crippen LogP) is 2.40. The second-order valence-corrected chi connectivity index (χ2v) is 5.53. The van der Waals surface area contributed by atoms with E-state index in [2.05, 4.69) is 16.7 Å². The van der Waals surface area contributed by atoms with Crippen molar-refractivity contribution < 1.29 is 5.11 Å². The molecule has 1 aliphatic heterocycles. The van der Waals surface area contributed by atoms with Crippen molar-refractivity contribution in [3.05, 3.63) is 34.9 Å². The lowest BCUT2D eigenvalue weighted by atomic mass is 10.1.